The summed E-state index contributed by atoms with van der Waals surface area (Å²) in [7, 11) is 1.68. The molecule has 130 valence electrons. The third-order valence-electron chi connectivity index (χ3n) is 4.23. The molecule has 0 atom stereocenters. The van der Waals surface area contributed by atoms with E-state index in [-0.39, 0.29) is 5.56 Å². The van der Waals surface area contributed by atoms with E-state index in [1.54, 1.807) is 31.5 Å². The first-order valence-corrected chi connectivity index (χ1v) is 8.18. The van der Waals surface area contributed by atoms with E-state index in [1.807, 2.05) is 29.3 Å². The van der Waals surface area contributed by atoms with Crippen molar-refractivity contribution in [2.45, 2.75) is 0 Å². The van der Waals surface area contributed by atoms with Gasteiger partial charge in [0.1, 0.15) is 5.75 Å². The van der Waals surface area contributed by atoms with Gasteiger partial charge in [-0.25, -0.2) is 4.79 Å². The van der Waals surface area contributed by atoms with Crippen molar-refractivity contribution < 1.29 is 14.6 Å². The maximum absolute atomic E-state index is 11.2. The Bertz CT molecular complexity index is 768. The van der Waals surface area contributed by atoms with Gasteiger partial charge < -0.3 is 14.7 Å². The molecular weight excluding hydrogens is 318 g/mol. The van der Waals surface area contributed by atoms with Crippen LogP contribution < -0.4 is 9.64 Å². The minimum absolute atomic E-state index is 0.263. The fraction of sp³-hybridized carbons (Fsp3) is 0.263. The molecule has 6 heteroatoms. The molecule has 1 aliphatic rings. The zero-order valence-electron chi connectivity index (χ0n) is 14.1. The minimum Gasteiger partial charge on any atom is -0.495 e. The van der Waals surface area contributed by atoms with Gasteiger partial charge >= 0.3 is 5.97 Å². The number of nitrogens with zero attached hydrogens (tertiary/aromatic N) is 3. The maximum Gasteiger partial charge on any atom is 0.336 e. The van der Waals surface area contributed by atoms with Crippen LogP contribution in [0, 0.1) is 0 Å². The normalized spacial score (nSPS) is 14.8. The Kier molecular flexibility index (Phi) is 5.18. The number of carboxylic acids is 1. The lowest BCUT2D eigenvalue weighted by molar-refractivity contribution is 0.0696. The summed E-state index contributed by atoms with van der Waals surface area (Å²) in [5.74, 6) is -0.0714. The number of rotatable bonds is 5. The van der Waals surface area contributed by atoms with E-state index in [0.717, 1.165) is 37.6 Å². The first-order chi connectivity index (χ1) is 12.2. The number of carboxylic acid groups (broad SMARTS) is 1. The Hall–Kier alpha value is -3.02. The topological polar surface area (TPSA) is 65.4 Å². The Labute approximate surface area is 146 Å². The van der Waals surface area contributed by atoms with Gasteiger partial charge in [0.15, 0.2) is 0 Å². The number of hydrazone groups is 1. The van der Waals surface area contributed by atoms with Gasteiger partial charge in [0.2, 0.25) is 0 Å². The highest BCUT2D eigenvalue weighted by Gasteiger charge is 2.18. The van der Waals surface area contributed by atoms with Crippen LogP contribution in [0.2, 0.25) is 0 Å². The van der Waals surface area contributed by atoms with Crippen LogP contribution in [-0.2, 0) is 0 Å². The number of ether oxygens (including phenoxy) is 1. The van der Waals surface area contributed by atoms with E-state index in [2.05, 4.69) is 16.1 Å². The highest BCUT2D eigenvalue weighted by molar-refractivity contribution is 5.98. The first kappa shape index (κ1) is 16.8. The monoisotopic (exact) mass is 339 g/mol. The van der Waals surface area contributed by atoms with Gasteiger partial charge in [-0.15, -0.1) is 0 Å². The van der Waals surface area contributed by atoms with Crippen molar-refractivity contribution in [3.05, 3.63) is 59.7 Å². The summed E-state index contributed by atoms with van der Waals surface area (Å²) in [6.07, 6.45) is 1.63. The number of hydrogen-bond acceptors (Lipinski definition) is 5. The predicted octanol–water partition coefficient (Wildman–Crippen LogP) is 2.55. The molecule has 6 nitrogen and oxygen atoms in total. The van der Waals surface area contributed by atoms with Gasteiger partial charge in [-0.3, -0.25) is 5.01 Å². The third-order valence-corrected chi connectivity index (χ3v) is 4.23. The third kappa shape index (κ3) is 3.91. The average molecular weight is 339 g/mol. The zero-order valence-corrected chi connectivity index (χ0v) is 14.1. The molecule has 1 aliphatic heterocycles. The summed E-state index contributed by atoms with van der Waals surface area (Å²) in [4.78, 5) is 13.5. The minimum atomic E-state index is -0.942. The molecule has 0 amide bonds. The molecule has 0 saturated carbocycles. The Morgan fingerprint density at radius 3 is 2.48 bits per heavy atom. The Morgan fingerprint density at radius 1 is 1.08 bits per heavy atom. The molecular formula is C19H21N3O3. The van der Waals surface area contributed by atoms with Crippen molar-refractivity contribution in [1.82, 2.24) is 5.01 Å². The molecule has 0 aliphatic carbocycles. The molecule has 1 saturated heterocycles. The number of hydrogen-bond donors (Lipinski definition) is 1. The van der Waals surface area contributed by atoms with Gasteiger partial charge in [-0.2, -0.15) is 5.10 Å². The average Bonchev–Trinajstić information content (AvgIpc) is 2.67. The van der Waals surface area contributed by atoms with E-state index in [4.69, 9.17) is 4.74 Å². The Balaban J connectivity index is 1.64. The van der Waals surface area contributed by atoms with Crippen LogP contribution in [0.1, 0.15) is 15.9 Å². The molecule has 1 N–H and O–H groups in total. The van der Waals surface area contributed by atoms with Crippen LogP contribution in [0.5, 0.6) is 5.75 Å². The quantitative estimate of drug-likeness (QED) is 0.848. The fourth-order valence-corrected chi connectivity index (χ4v) is 2.89. The number of carbonyl (C=O) groups is 1. The zero-order chi connectivity index (χ0) is 17.6. The van der Waals surface area contributed by atoms with Crippen LogP contribution in [-0.4, -0.2) is 55.6 Å². The largest absolute Gasteiger partial charge is 0.495 e. The van der Waals surface area contributed by atoms with E-state index >= 15 is 0 Å². The lowest BCUT2D eigenvalue weighted by Crippen LogP contribution is -2.44. The van der Waals surface area contributed by atoms with Gasteiger partial charge in [-0.1, -0.05) is 30.3 Å². The molecule has 0 radical (unpaired) electrons. The van der Waals surface area contributed by atoms with E-state index in [1.165, 1.54) is 0 Å². The smallest absolute Gasteiger partial charge is 0.336 e. The number of para-hydroxylation sites is 2. The number of anilines is 1. The summed E-state index contributed by atoms with van der Waals surface area (Å²) < 4.78 is 5.43. The molecule has 0 aromatic heterocycles. The molecule has 1 fully saturated rings. The van der Waals surface area contributed by atoms with Crippen LogP contribution in [0.3, 0.4) is 0 Å². The fourth-order valence-electron chi connectivity index (χ4n) is 2.89. The second-order valence-corrected chi connectivity index (χ2v) is 5.75. The SMILES string of the molecule is COc1ccccc1N1CCN(N=Cc2ccccc2C(=O)O)CC1. The van der Waals surface area contributed by atoms with E-state index in [0.29, 0.717) is 5.56 Å². The van der Waals surface area contributed by atoms with Crippen LogP contribution in [0.15, 0.2) is 53.6 Å². The van der Waals surface area contributed by atoms with Crippen LogP contribution >= 0.6 is 0 Å². The van der Waals surface area contributed by atoms with Gasteiger partial charge in [0.25, 0.3) is 0 Å². The van der Waals surface area contributed by atoms with Crippen molar-refractivity contribution >= 4 is 17.9 Å². The predicted molar refractivity (Wildman–Crippen MR) is 97.8 cm³/mol. The highest BCUT2D eigenvalue weighted by atomic mass is 16.5. The number of methoxy groups -OCH3 is 1. The van der Waals surface area contributed by atoms with Crippen LogP contribution in [0.25, 0.3) is 0 Å². The summed E-state index contributed by atoms with van der Waals surface area (Å²) in [5.41, 5.74) is 1.96. The molecule has 3 rings (SSSR count). The van der Waals surface area contributed by atoms with E-state index in [9.17, 15) is 9.90 Å². The summed E-state index contributed by atoms with van der Waals surface area (Å²) in [6, 6.07) is 14.9. The Morgan fingerprint density at radius 2 is 1.76 bits per heavy atom. The molecule has 25 heavy (non-hydrogen) atoms. The second-order valence-electron chi connectivity index (χ2n) is 5.75. The molecule has 2 aromatic carbocycles. The summed E-state index contributed by atoms with van der Waals surface area (Å²) in [6.45, 7) is 3.20. The maximum atomic E-state index is 11.2. The first-order valence-electron chi connectivity index (χ1n) is 8.18. The highest BCUT2D eigenvalue weighted by Crippen LogP contribution is 2.28. The van der Waals surface area contributed by atoms with Crippen molar-refractivity contribution in [2.24, 2.45) is 5.10 Å². The van der Waals surface area contributed by atoms with Gasteiger partial charge in [-0.05, 0) is 18.2 Å². The van der Waals surface area contributed by atoms with Crippen LogP contribution in [0.4, 0.5) is 5.69 Å². The number of piperazine rings is 1. The standard InChI is InChI=1S/C19H21N3O3/c1-25-18-9-5-4-8-17(18)21-10-12-22(13-11-21)20-14-15-6-2-3-7-16(15)19(23)24/h2-9,14H,10-13H2,1H3,(H,23,24). The lowest BCUT2D eigenvalue weighted by atomic mass is 10.1. The van der Waals surface area contributed by atoms with Crippen molar-refractivity contribution in [2.75, 3.05) is 38.2 Å². The molecule has 0 spiro atoms. The molecule has 2 aromatic rings. The molecule has 0 bridgehead atoms. The second kappa shape index (κ2) is 7.70. The van der Waals surface area contributed by atoms with Crippen molar-refractivity contribution in [3.8, 4) is 5.75 Å². The van der Waals surface area contributed by atoms with Gasteiger partial charge in [0.05, 0.1) is 37.7 Å². The van der Waals surface area contributed by atoms with E-state index < -0.39 is 5.97 Å². The summed E-state index contributed by atoms with van der Waals surface area (Å²) >= 11 is 0. The number of benzene rings is 2. The van der Waals surface area contributed by atoms with Gasteiger partial charge in [0, 0.05) is 18.7 Å². The molecule has 0 unspecified atom stereocenters. The number of aromatic carboxylic acids is 1. The molecule has 1 heterocycles. The summed E-state index contributed by atoms with van der Waals surface area (Å²) in [5, 5.41) is 15.6. The van der Waals surface area contributed by atoms with Crippen molar-refractivity contribution in [3.63, 3.8) is 0 Å². The lowest BCUT2D eigenvalue weighted by Gasteiger charge is -2.35. The van der Waals surface area contributed by atoms with Crippen molar-refractivity contribution in [1.29, 1.82) is 0 Å².